The summed E-state index contributed by atoms with van der Waals surface area (Å²) in [5.74, 6) is 0.580. The summed E-state index contributed by atoms with van der Waals surface area (Å²) in [6, 6.07) is 14.7. The molecule has 0 aliphatic heterocycles. The molecule has 0 spiro atoms. The minimum Gasteiger partial charge on any atom is -0.406 e. The third-order valence-electron chi connectivity index (χ3n) is 4.32. The summed E-state index contributed by atoms with van der Waals surface area (Å²) in [7, 11) is 3.90. The van der Waals surface area contributed by atoms with E-state index in [2.05, 4.69) is 25.3 Å². The lowest BCUT2D eigenvalue weighted by atomic mass is 10.1. The van der Waals surface area contributed by atoms with E-state index in [0.29, 0.717) is 41.1 Å². The molecule has 0 atom stereocenters. The van der Waals surface area contributed by atoms with Crippen molar-refractivity contribution in [2.24, 2.45) is 0 Å². The van der Waals surface area contributed by atoms with Gasteiger partial charge < -0.3 is 20.3 Å². The second kappa shape index (κ2) is 10.5. The van der Waals surface area contributed by atoms with E-state index in [1.165, 1.54) is 18.2 Å². The number of ether oxygens (including phenoxy) is 1. The molecule has 10 heteroatoms. The van der Waals surface area contributed by atoms with Crippen LogP contribution in [0.5, 0.6) is 5.75 Å². The molecule has 3 aromatic rings. The SMILES string of the molecule is CN(C)CCNc1nc(NCc2ccc(Cl)cc2)cc(-c2cccc(OC(F)(F)F)c2)n1. The second-order valence-electron chi connectivity index (χ2n) is 7.25. The minimum absolute atomic E-state index is 0.314. The van der Waals surface area contributed by atoms with Crippen molar-refractivity contribution >= 4 is 23.4 Å². The molecule has 3 rings (SSSR count). The van der Waals surface area contributed by atoms with Crippen LogP contribution in [0, 0.1) is 0 Å². The molecule has 32 heavy (non-hydrogen) atoms. The van der Waals surface area contributed by atoms with Crippen LogP contribution in [-0.2, 0) is 6.54 Å². The third-order valence-corrected chi connectivity index (χ3v) is 4.57. The Kier molecular flexibility index (Phi) is 7.76. The molecule has 0 amide bonds. The molecule has 0 unspecified atom stereocenters. The van der Waals surface area contributed by atoms with Crippen molar-refractivity contribution in [2.45, 2.75) is 12.9 Å². The standard InChI is InChI=1S/C22H23ClF3N5O/c1-31(2)11-10-27-21-29-19(16-4-3-5-18(12-16)32-22(24,25)26)13-20(30-21)28-14-15-6-8-17(23)9-7-15/h3-9,12-13H,10-11,14H2,1-2H3,(H2,27,28,29,30). The van der Waals surface area contributed by atoms with Gasteiger partial charge in [-0.1, -0.05) is 35.9 Å². The highest BCUT2D eigenvalue weighted by molar-refractivity contribution is 6.30. The summed E-state index contributed by atoms with van der Waals surface area (Å²) in [6.07, 6.45) is -4.77. The van der Waals surface area contributed by atoms with Crippen LogP contribution in [0.1, 0.15) is 5.56 Å². The molecule has 0 aliphatic carbocycles. The normalized spacial score (nSPS) is 11.5. The van der Waals surface area contributed by atoms with Gasteiger partial charge in [-0.15, -0.1) is 13.2 Å². The lowest BCUT2D eigenvalue weighted by Crippen LogP contribution is -2.21. The Labute approximate surface area is 189 Å². The Bertz CT molecular complexity index is 1030. The molecule has 0 aliphatic rings. The van der Waals surface area contributed by atoms with Crippen LogP contribution >= 0.6 is 11.6 Å². The molecule has 170 valence electrons. The first-order valence-electron chi connectivity index (χ1n) is 9.80. The van der Waals surface area contributed by atoms with Crippen molar-refractivity contribution in [3.8, 4) is 17.0 Å². The van der Waals surface area contributed by atoms with Gasteiger partial charge in [0.1, 0.15) is 11.6 Å². The second-order valence-corrected chi connectivity index (χ2v) is 7.68. The predicted octanol–water partition coefficient (Wildman–Crippen LogP) is 5.28. The topological polar surface area (TPSA) is 62.3 Å². The van der Waals surface area contributed by atoms with E-state index >= 15 is 0 Å². The number of hydrogen-bond acceptors (Lipinski definition) is 6. The van der Waals surface area contributed by atoms with Crippen molar-refractivity contribution in [1.29, 1.82) is 0 Å². The molecule has 2 aromatic carbocycles. The van der Waals surface area contributed by atoms with E-state index in [0.717, 1.165) is 12.1 Å². The van der Waals surface area contributed by atoms with Gasteiger partial charge in [0.25, 0.3) is 0 Å². The fourth-order valence-corrected chi connectivity index (χ4v) is 2.93. The molecule has 6 nitrogen and oxygen atoms in total. The monoisotopic (exact) mass is 465 g/mol. The van der Waals surface area contributed by atoms with Gasteiger partial charge in [-0.3, -0.25) is 0 Å². The highest BCUT2D eigenvalue weighted by atomic mass is 35.5. The number of alkyl halides is 3. The molecule has 0 fully saturated rings. The lowest BCUT2D eigenvalue weighted by molar-refractivity contribution is -0.274. The summed E-state index contributed by atoms with van der Waals surface area (Å²) in [6.45, 7) is 1.85. The maximum atomic E-state index is 12.6. The van der Waals surface area contributed by atoms with E-state index in [4.69, 9.17) is 11.6 Å². The number of anilines is 2. The molecule has 1 aromatic heterocycles. The number of rotatable bonds is 9. The van der Waals surface area contributed by atoms with Crippen molar-refractivity contribution in [3.05, 3.63) is 65.2 Å². The fraction of sp³-hybridized carbons (Fsp3) is 0.273. The van der Waals surface area contributed by atoms with Crippen molar-refractivity contribution in [2.75, 3.05) is 37.8 Å². The average Bonchev–Trinajstić information content (AvgIpc) is 2.72. The van der Waals surface area contributed by atoms with Gasteiger partial charge in [-0.25, -0.2) is 4.98 Å². The van der Waals surface area contributed by atoms with Gasteiger partial charge in [0.05, 0.1) is 5.69 Å². The van der Waals surface area contributed by atoms with E-state index in [1.54, 1.807) is 24.3 Å². The van der Waals surface area contributed by atoms with Crippen LogP contribution in [0.2, 0.25) is 5.02 Å². The smallest absolute Gasteiger partial charge is 0.406 e. The minimum atomic E-state index is -4.77. The lowest BCUT2D eigenvalue weighted by Gasteiger charge is -2.14. The largest absolute Gasteiger partial charge is 0.573 e. The van der Waals surface area contributed by atoms with Crippen LogP contribution in [-0.4, -0.2) is 48.4 Å². The number of hydrogen-bond donors (Lipinski definition) is 2. The summed E-state index contributed by atoms with van der Waals surface area (Å²) >= 11 is 5.93. The van der Waals surface area contributed by atoms with Gasteiger partial charge in [-0.05, 0) is 43.9 Å². The maximum absolute atomic E-state index is 12.6. The fourth-order valence-electron chi connectivity index (χ4n) is 2.80. The van der Waals surface area contributed by atoms with Crippen LogP contribution in [0.3, 0.4) is 0 Å². The molecular formula is C22H23ClF3N5O. The molecule has 0 saturated carbocycles. The summed E-state index contributed by atoms with van der Waals surface area (Å²) in [4.78, 5) is 11.0. The van der Waals surface area contributed by atoms with Gasteiger partial charge >= 0.3 is 6.36 Å². The van der Waals surface area contributed by atoms with E-state index in [1.807, 2.05) is 31.1 Å². The van der Waals surface area contributed by atoms with E-state index in [9.17, 15) is 13.2 Å². The Morgan fingerprint density at radius 1 is 1.00 bits per heavy atom. The van der Waals surface area contributed by atoms with Gasteiger partial charge in [0.2, 0.25) is 5.95 Å². The zero-order valence-electron chi connectivity index (χ0n) is 17.6. The Morgan fingerprint density at radius 3 is 2.44 bits per heavy atom. The number of benzene rings is 2. The van der Waals surface area contributed by atoms with Crippen molar-refractivity contribution < 1.29 is 17.9 Å². The molecule has 0 saturated heterocycles. The van der Waals surface area contributed by atoms with E-state index in [-0.39, 0.29) is 5.75 Å². The first kappa shape index (κ1) is 23.6. The summed E-state index contributed by atoms with van der Waals surface area (Å²) in [5, 5.41) is 7.02. The number of halogens is 4. The third kappa shape index (κ3) is 7.58. The number of aromatic nitrogens is 2. The van der Waals surface area contributed by atoms with Crippen molar-refractivity contribution in [3.63, 3.8) is 0 Å². The Hall–Kier alpha value is -3.04. The predicted molar refractivity (Wildman–Crippen MR) is 120 cm³/mol. The Morgan fingerprint density at radius 2 is 1.75 bits per heavy atom. The van der Waals surface area contributed by atoms with Gasteiger partial charge in [0.15, 0.2) is 0 Å². The van der Waals surface area contributed by atoms with Crippen LogP contribution in [0.15, 0.2) is 54.6 Å². The molecule has 0 bridgehead atoms. The first-order valence-corrected chi connectivity index (χ1v) is 10.2. The van der Waals surface area contributed by atoms with E-state index < -0.39 is 6.36 Å². The van der Waals surface area contributed by atoms with Gasteiger partial charge in [-0.2, -0.15) is 4.98 Å². The molecule has 1 heterocycles. The number of nitrogens with zero attached hydrogens (tertiary/aromatic N) is 3. The van der Waals surface area contributed by atoms with Crippen LogP contribution < -0.4 is 15.4 Å². The molecule has 0 radical (unpaired) electrons. The average molecular weight is 466 g/mol. The summed E-state index contributed by atoms with van der Waals surface area (Å²) in [5.41, 5.74) is 1.93. The molecule has 2 N–H and O–H groups in total. The zero-order valence-corrected chi connectivity index (χ0v) is 18.3. The number of likely N-dealkylation sites (N-methyl/N-ethyl adjacent to an activating group) is 1. The van der Waals surface area contributed by atoms with Crippen molar-refractivity contribution in [1.82, 2.24) is 14.9 Å². The quantitative estimate of drug-likeness (QED) is 0.448. The van der Waals surface area contributed by atoms with Gasteiger partial charge in [0, 0.05) is 36.3 Å². The Balaban J connectivity index is 1.85. The maximum Gasteiger partial charge on any atom is 0.573 e. The highest BCUT2D eigenvalue weighted by Crippen LogP contribution is 2.28. The summed E-state index contributed by atoms with van der Waals surface area (Å²) < 4.78 is 41.9. The zero-order chi connectivity index (χ0) is 23.1. The van der Waals surface area contributed by atoms with Crippen LogP contribution in [0.4, 0.5) is 24.9 Å². The van der Waals surface area contributed by atoms with Crippen LogP contribution in [0.25, 0.3) is 11.3 Å². The number of nitrogens with one attached hydrogen (secondary N) is 2. The first-order chi connectivity index (χ1) is 15.2. The molecular weight excluding hydrogens is 443 g/mol. The highest BCUT2D eigenvalue weighted by Gasteiger charge is 2.31.